The predicted octanol–water partition coefficient (Wildman–Crippen LogP) is 4.29. The van der Waals surface area contributed by atoms with Crippen molar-refractivity contribution in [2.24, 2.45) is 11.8 Å². The molecule has 0 aliphatic heterocycles. The van der Waals surface area contributed by atoms with Crippen molar-refractivity contribution in [2.45, 2.75) is 53.7 Å². The normalized spacial score (nSPS) is 13.0. The van der Waals surface area contributed by atoms with Crippen LogP contribution in [0.4, 0.5) is 0 Å². The Kier molecular flexibility index (Phi) is 7.31. The van der Waals surface area contributed by atoms with Crippen LogP contribution >= 0.6 is 11.6 Å². The third kappa shape index (κ3) is 6.58. The van der Waals surface area contributed by atoms with E-state index in [4.69, 9.17) is 16.3 Å². The Balaban J connectivity index is 2.61. The summed E-state index contributed by atoms with van der Waals surface area (Å²) in [6.45, 7) is 12.5. The monoisotopic (exact) mass is 298 g/mol. The molecule has 0 spiro atoms. The van der Waals surface area contributed by atoms with Crippen LogP contribution in [0, 0.1) is 11.8 Å². The van der Waals surface area contributed by atoms with E-state index < -0.39 is 0 Å². The van der Waals surface area contributed by atoms with Crippen molar-refractivity contribution in [1.29, 1.82) is 0 Å². The van der Waals surface area contributed by atoms with Crippen molar-refractivity contribution in [3.8, 4) is 5.88 Å². The van der Waals surface area contributed by atoms with Gasteiger partial charge in [-0.05, 0) is 37.3 Å². The SMILES string of the molecule is CC(C)CNCc1cc(OC(C)CC(C)C)ncc1Cl. The van der Waals surface area contributed by atoms with Gasteiger partial charge >= 0.3 is 0 Å². The summed E-state index contributed by atoms with van der Waals surface area (Å²) in [5.41, 5.74) is 1.04. The highest BCUT2D eigenvalue weighted by Gasteiger charge is 2.10. The zero-order valence-electron chi connectivity index (χ0n) is 13.2. The average molecular weight is 299 g/mol. The maximum absolute atomic E-state index is 6.17. The minimum Gasteiger partial charge on any atom is -0.475 e. The van der Waals surface area contributed by atoms with Gasteiger partial charge in [-0.2, -0.15) is 0 Å². The van der Waals surface area contributed by atoms with E-state index in [9.17, 15) is 0 Å². The smallest absolute Gasteiger partial charge is 0.213 e. The third-order valence-corrected chi connectivity index (χ3v) is 3.24. The molecule has 0 saturated carbocycles. The fraction of sp³-hybridized carbons (Fsp3) is 0.688. The lowest BCUT2D eigenvalue weighted by atomic mass is 10.1. The number of nitrogens with zero attached hydrogens (tertiary/aromatic N) is 1. The minimum atomic E-state index is 0.167. The molecule has 0 amide bonds. The maximum Gasteiger partial charge on any atom is 0.213 e. The first kappa shape index (κ1) is 17.3. The van der Waals surface area contributed by atoms with Gasteiger partial charge in [0, 0.05) is 18.8 Å². The topological polar surface area (TPSA) is 34.1 Å². The zero-order chi connectivity index (χ0) is 15.1. The standard InChI is InChI=1S/C16H27ClN2O/c1-11(2)6-13(5)20-16-7-14(15(17)10-19-16)9-18-8-12(3)4/h7,10-13,18H,6,8-9H2,1-5H3. The second-order valence-electron chi connectivity index (χ2n) is 6.20. The molecule has 1 aromatic rings. The molecule has 0 aromatic carbocycles. The number of hydrogen-bond acceptors (Lipinski definition) is 3. The highest BCUT2D eigenvalue weighted by molar-refractivity contribution is 6.31. The van der Waals surface area contributed by atoms with E-state index in [-0.39, 0.29) is 6.10 Å². The average Bonchev–Trinajstić information content (AvgIpc) is 2.31. The van der Waals surface area contributed by atoms with E-state index in [1.165, 1.54) is 0 Å². The molecule has 114 valence electrons. The molecule has 0 aliphatic rings. The van der Waals surface area contributed by atoms with Gasteiger partial charge in [0.25, 0.3) is 0 Å². The maximum atomic E-state index is 6.17. The summed E-state index contributed by atoms with van der Waals surface area (Å²) in [4.78, 5) is 4.25. The largest absolute Gasteiger partial charge is 0.475 e. The van der Waals surface area contributed by atoms with Crippen molar-refractivity contribution >= 4 is 11.6 Å². The van der Waals surface area contributed by atoms with Crippen LogP contribution in [0.15, 0.2) is 12.3 Å². The van der Waals surface area contributed by atoms with Crippen molar-refractivity contribution in [2.75, 3.05) is 6.54 Å². The van der Waals surface area contributed by atoms with Crippen LogP contribution in [0.25, 0.3) is 0 Å². The number of aromatic nitrogens is 1. The number of rotatable bonds is 8. The van der Waals surface area contributed by atoms with Gasteiger partial charge in [0.05, 0.1) is 11.1 Å². The van der Waals surface area contributed by atoms with Crippen molar-refractivity contribution in [3.05, 3.63) is 22.8 Å². The van der Waals surface area contributed by atoms with Crippen LogP contribution in [-0.4, -0.2) is 17.6 Å². The summed E-state index contributed by atoms with van der Waals surface area (Å²) in [5.74, 6) is 1.89. The second-order valence-corrected chi connectivity index (χ2v) is 6.60. The number of halogens is 1. The molecule has 1 heterocycles. The van der Waals surface area contributed by atoms with Gasteiger partial charge in [-0.3, -0.25) is 0 Å². The highest BCUT2D eigenvalue weighted by atomic mass is 35.5. The molecule has 4 heteroatoms. The Morgan fingerprint density at radius 1 is 1.20 bits per heavy atom. The van der Waals surface area contributed by atoms with Crippen LogP contribution in [0.5, 0.6) is 5.88 Å². The quantitative estimate of drug-likeness (QED) is 0.777. The first-order valence-corrected chi connectivity index (χ1v) is 7.78. The van der Waals surface area contributed by atoms with E-state index in [2.05, 4.69) is 44.9 Å². The molecule has 1 aromatic heterocycles. The van der Waals surface area contributed by atoms with E-state index in [1.807, 2.05) is 6.07 Å². The van der Waals surface area contributed by atoms with E-state index in [0.29, 0.717) is 22.7 Å². The molecule has 0 saturated heterocycles. The molecule has 0 fully saturated rings. The Bertz CT molecular complexity index is 407. The molecule has 1 rings (SSSR count). The fourth-order valence-electron chi connectivity index (χ4n) is 2.07. The van der Waals surface area contributed by atoms with Crippen molar-refractivity contribution in [1.82, 2.24) is 10.3 Å². The minimum absolute atomic E-state index is 0.167. The number of ether oxygens (including phenoxy) is 1. The van der Waals surface area contributed by atoms with Crippen LogP contribution in [0.1, 0.15) is 46.6 Å². The molecule has 20 heavy (non-hydrogen) atoms. The number of nitrogens with one attached hydrogen (secondary N) is 1. The second kappa shape index (κ2) is 8.48. The van der Waals surface area contributed by atoms with Crippen molar-refractivity contribution in [3.63, 3.8) is 0 Å². The number of pyridine rings is 1. The number of hydrogen-bond donors (Lipinski definition) is 1. The molecule has 0 aliphatic carbocycles. The third-order valence-electron chi connectivity index (χ3n) is 2.90. The van der Waals surface area contributed by atoms with Gasteiger partial charge < -0.3 is 10.1 Å². The van der Waals surface area contributed by atoms with Gasteiger partial charge in [0.2, 0.25) is 5.88 Å². The molecule has 0 radical (unpaired) electrons. The van der Waals surface area contributed by atoms with Crippen LogP contribution in [-0.2, 0) is 6.54 Å². The summed E-state index contributed by atoms with van der Waals surface area (Å²) in [6.07, 6.45) is 2.86. The molecule has 1 unspecified atom stereocenters. The van der Waals surface area contributed by atoms with E-state index >= 15 is 0 Å². The van der Waals surface area contributed by atoms with E-state index in [0.717, 1.165) is 25.1 Å². The first-order chi connectivity index (χ1) is 9.38. The fourth-order valence-corrected chi connectivity index (χ4v) is 2.24. The lowest BCUT2D eigenvalue weighted by Crippen LogP contribution is -2.19. The van der Waals surface area contributed by atoms with Gasteiger partial charge in [-0.25, -0.2) is 4.98 Å². The lowest BCUT2D eigenvalue weighted by molar-refractivity contribution is 0.185. The van der Waals surface area contributed by atoms with Crippen molar-refractivity contribution < 1.29 is 4.74 Å². The lowest BCUT2D eigenvalue weighted by Gasteiger charge is -2.17. The summed E-state index contributed by atoms with van der Waals surface area (Å²) < 4.78 is 5.85. The molecular weight excluding hydrogens is 272 g/mol. The van der Waals surface area contributed by atoms with Gasteiger partial charge in [-0.15, -0.1) is 0 Å². The Morgan fingerprint density at radius 3 is 2.50 bits per heavy atom. The molecule has 1 N–H and O–H groups in total. The molecule has 0 bridgehead atoms. The van der Waals surface area contributed by atoms with E-state index in [1.54, 1.807) is 6.20 Å². The van der Waals surface area contributed by atoms with Crippen LogP contribution < -0.4 is 10.1 Å². The molecular formula is C16H27ClN2O. The molecule has 3 nitrogen and oxygen atoms in total. The van der Waals surface area contributed by atoms with Gasteiger partial charge in [0.1, 0.15) is 0 Å². The van der Waals surface area contributed by atoms with Crippen LogP contribution in [0.2, 0.25) is 5.02 Å². The Morgan fingerprint density at radius 2 is 1.90 bits per heavy atom. The zero-order valence-corrected chi connectivity index (χ0v) is 14.0. The highest BCUT2D eigenvalue weighted by Crippen LogP contribution is 2.21. The first-order valence-electron chi connectivity index (χ1n) is 7.40. The van der Waals surface area contributed by atoms with Gasteiger partial charge in [-0.1, -0.05) is 39.3 Å². The van der Waals surface area contributed by atoms with Crippen LogP contribution in [0.3, 0.4) is 0 Å². The Hall–Kier alpha value is -0.800. The molecule has 1 atom stereocenters. The summed E-state index contributed by atoms with van der Waals surface area (Å²) in [5, 5.41) is 4.07. The Labute approximate surface area is 128 Å². The van der Waals surface area contributed by atoms with Gasteiger partial charge in [0.15, 0.2) is 0 Å². The predicted molar refractivity (Wildman–Crippen MR) is 85.3 cm³/mol. The summed E-state index contributed by atoms with van der Waals surface area (Å²) >= 11 is 6.17. The summed E-state index contributed by atoms with van der Waals surface area (Å²) in [6, 6.07) is 1.94. The summed E-state index contributed by atoms with van der Waals surface area (Å²) in [7, 11) is 0.